The monoisotopic (exact) mass is 229 g/mol. The Hall–Kier alpha value is -2.43. The van der Waals surface area contributed by atoms with Crippen molar-refractivity contribution in [3.05, 3.63) is 52.2 Å². The lowest BCUT2D eigenvalue weighted by molar-refractivity contribution is -0.383. The predicted octanol–water partition coefficient (Wildman–Crippen LogP) is 2.55. The van der Waals surface area contributed by atoms with Crippen LogP contribution in [0.3, 0.4) is 0 Å². The summed E-state index contributed by atoms with van der Waals surface area (Å²) in [7, 11) is 0. The first kappa shape index (κ1) is 11.1. The SMILES string of the molecule is Cc1ccccc1-c1ccnc(N)c1[N+](=O)[O-]. The lowest BCUT2D eigenvalue weighted by Gasteiger charge is -2.07. The summed E-state index contributed by atoms with van der Waals surface area (Å²) in [6.45, 7) is 1.90. The molecular weight excluding hydrogens is 218 g/mol. The van der Waals surface area contributed by atoms with Crippen LogP contribution in [0.1, 0.15) is 5.56 Å². The maximum absolute atomic E-state index is 11.0. The number of nitrogens with zero attached hydrogens (tertiary/aromatic N) is 2. The lowest BCUT2D eigenvalue weighted by Crippen LogP contribution is -2.00. The summed E-state index contributed by atoms with van der Waals surface area (Å²) in [5.41, 5.74) is 7.68. The highest BCUT2D eigenvalue weighted by atomic mass is 16.6. The summed E-state index contributed by atoms with van der Waals surface area (Å²) in [5.74, 6) is -0.0595. The van der Waals surface area contributed by atoms with Crippen LogP contribution in [0.15, 0.2) is 36.5 Å². The van der Waals surface area contributed by atoms with Crippen LogP contribution in [-0.2, 0) is 0 Å². The van der Waals surface area contributed by atoms with E-state index in [9.17, 15) is 10.1 Å². The second-order valence-corrected chi connectivity index (χ2v) is 3.66. The van der Waals surface area contributed by atoms with Gasteiger partial charge in [0.05, 0.1) is 10.5 Å². The fourth-order valence-corrected chi connectivity index (χ4v) is 1.75. The van der Waals surface area contributed by atoms with Gasteiger partial charge in [0.1, 0.15) is 0 Å². The quantitative estimate of drug-likeness (QED) is 0.633. The van der Waals surface area contributed by atoms with Crippen LogP contribution in [0.25, 0.3) is 11.1 Å². The summed E-state index contributed by atoms with van der Waals surface area (Å²) in [4.78, 5) is 14.3. The summed E-state index contributed by atoms with van der Waals surface area (Å²) < 4.78 is 0. The Morgan fingerprint density at radius 3 is 2.59 bits per heavy atom. The standard InChI is InChI=1S/C12H11N3O2/c1-8-4-2-3-5-9(8)10-6-7-14-12(13)11(10)15(16)17/h2-7H,1H3,(H2,13,14). The third kappa shape index (κ3) is 1.94. The van der Waals surface area contributed by atoms with Crippen LogP contribution < -0.4 is 5.73 Å². The van der Waals surface area contributed by atoms with Gasteiger partial charge in [-0.25, -0.2) is 4.98 Å². The van der Waals surface area contributed by atoms with Gasteiger partial charge in [0.2, 0.25) is 5.82 Å². The molecule has 0 aliphatic rings. The van der Waals surface area contributed by atoms with Gasteiger partial charge in [0, 0.05) is 6.20 Å². The van der Waals surface area contributed by atoms with Crippen LogP contribution in [0.4, 0.5) is 11.5 Å². The molecule has 86 valence electrons. The molecule has 5 nitrogen and oxygen atoms in total. The molecule has 2 N–H and O–H groups in total. The summed E-state index contributed by atoms with van der Waals surface area (Å²) in [6, 6.07) is 9.06. The van der Waals surface area contributed by atoms with Crippen molar-refractivity contribution < 1.29 is 4.92 Å². The fourth-order valence-electron chi connectivity index (χ4n) is 1.75. The van der Waals surface area contributed by atoms with E-state index in [0.29, 0.717) is 5.56 Å². The molecule has 1 heterocycles. The normalized spacial score (nSPS) is 10.2. The number of aryl methyl sites for hydroxylation is 1. The molecule has 0 aliphatic heterocycles. The maximum atomic E-state index is 11.0. The molecule has 0 radical (unpaired) electrons. The summed E-state index contributed by atoms with van der Waals surface area (Å²) in [5, 5.41) is 11.0. The number of nitrogen functional groups attached to an aromatic ring is 1. The zero-order chi connectivity index (χ0) is 12.4. The van der Waals surface area contributed by atoms with Crippen molar-refractivity contribution in [1.82, 2.24) is 4.98 Å². The number of nitrogens with two attached hydrogens (primary N) is 1. The van der Waals surface area contributed by atoms with Crippen molar-refractivity contribution in [2.24, 2.45) is 0 Å². The zero-order valence-corrected chi connectivity index (χ0v) is 9.25. The van der Waals surface area contributed by atoms with E-state index in [0.717, 1.165) is 11.1 Å². The van der Waals surface area contributed by atoms with Gasteiger partial charge in [0.15, 0.2) is 0 Å². The van der Waals surface area contributed by atoms with E-state index in [-0.39, 0.29) is 11.5 Å². The number of nitro groups is 1. The average Bonchev–Trinajstić information content (AvgIpc) is 2.28. The van der Waals surface area contributed by atoms with Crippen LogP contribution in [0.2, 0.25) is 0 Å². The number of hydrogen-bond donors (Lipinski definition) is 1. The van der Waals surface area contributed by atoms with Gasteiger partial charge in [0.25, 0.3) is 0 Å². The number of anilines is 1. The Morgan fingerprint density at radius 2 is 1.94 bits per heavy atom. The van der Waals surface area contributed by atoms with E-state index in [1.807, 2.05) is 31.2 Å². The molecule has 1 aromatic carbocycles. The first-order chi connectivity index (χ1) is 8.11. The topological polar surface area (TPSA) is 82.0 Å². The first-order valence-corrected chi connectivity index (χ1v) is 5.06. The number of rotatable bonds is 2. The van der Waals surface area contributed by atoms with Crippen molar-refractivity contribution in [3.8, 4) is 11.1 Å². The number of hydrogen-bond acceptors (Lipinski definition) is 4. The molecular formula is C12H11N3O2. The van der Waals surface area contributed by atoms with E-state index in [1.54, 1.807) is 6.07 Å². The largest absolute Gasteiger partial charge is 0.378 e. The minimum atomic E-state index is -0.496. The van der Waals surface area contributed by atoms with E-state index >= 15 is 0 Å². The van der Waals surface area contributed by atoms with Crippen molar-refractivity contribution in [2.75, 3.05) is 5.73 Å². The van der Waals surface area contributed by atoms with E-state index in [2.05, 4.69) is 4.98 Å². The average molecular weight is 229 g/mol. The van der Waals surface area contributed by atoms with Gasteiger partial charge in [-0.2, -0.15) is 0 Å². The van der Waals surface area contributed by atoms with Gasteiger partial charge < -0.3 is 5.73 Å². The van der Waals surface area contributed by atoms with E-state index in [4.69, 9.17) is 5.73 Å². The Kier molecular flexibility index (Phi) is 2.74. The molecule has 1 aromatic heterocycles. The molecule has 2 aromatic rings. The van der Waals surface area contributed by atoms with Crippen LogP contribution >= 0.6 is 0 Å². The van der Waals surface area contributed by atoms with Gasteiger partial charge in [-0.3, -0.25) is 10.1 Å². The smallest absolute Gasteiger partial charge is 0.318 e. The van der Waals surface area contributed by atoms with Crippen LogP contribution in [0, 0.1) is 17.0 Å². The Bertz CT molecular complexity index is 582. The third-order valence-corrected chi connectivity index (χ3v) is 2.57. The highest BCUT2D eigenvalue weighted by molar-refractivity contribution is 5.80. The molecule has 0 unspecified atom stereocenters. The summed E-state index contributed by atoms with van der Waals surface area (Å²) >= 11 is 0. The van der Waals surface area contributed by atoms with Crippen LogP contribution in [0.5, 0.6) is 0 Å². The third-order valence-electron chi connectivity index (χ3n) is 2.57. The van der Waals surface area contributed by atoms with Crippen molar-refractivity contribution in [1.29, 1.82) is 0 Å². The molecule has 0 bridgehead atoms. The number of benzene rings is 1. The Labute approximate surface area is 98.1 Å². The molecule has 0 amide bonds. The predicted molar refractivity (Wildman–Crippen MR) is 65.5 cm³/mol. The Balaban J connectivity index is 2.72. The Morgan fingerprint density at radius 1 is 1.24 bits per heavy atom. The van der Waals surface area contributed by atoms with Gasteiger partial charge >= 0.3 is 5.69 Å². The second kappa shape index (κ2) is 4.21. The molecule has 0 saturated heterocycles. The van der Waals surface area contributed by atoms with Crippen molar-refractivity contribution >= 4 is 11.5 Å². The minimum Gasteiger partial charge on any atom is -0.378 e. The lowest BCUT2D eigenvalue weighted by atomic mass is 10.0. The van der Waals surface area contributed by atoms with Crippen molar-refractivity contribution in [2.45, 2.75) is 6.92 Å². The molecule has 0 fully saturated rings. The molecule has 0 spiro atoms. The van der Waals surface area contributed by atoms with E-state index < -0.39 is 4.92 Å². The van der Waals surface area contributed by atoms with Gasteiger partial charge in [-0.1, -0.05) is 24.3 Å². The van der Waals surface area contributed by atoms with Gasteiger partial charge in [-0.05, 0) is 24.1 Å². The fraction of sp³-hybridized carbons (Fsp3) is 0.0833. The van der Waals surface area contributed by atoms with Crippen LogP contribution in [-0.4, -0.2) is 9.91 Å². The molecule has 0 aliphatic carbocycles. The molecule has 0 atom stereocenters. The molecule has 5 heteroatoms. The highest BCUT2D eigenvalue weighted by Gasteiger charge is 2.20. The molecule has 0 saturated carbocycles. The molecule has 2 rings (SSSR count). The first-order valence-electron chi connectivity index (χ1n) is 5.06. The highest BCUT2D eigenvalue weighted by Crippen LogP contribution is 2.34. The number of aromatic nitrogens is 1. The maximum Gasteiger partial charge on any atom is 0.318 e. The van der Waals surface area contributed by atoms with Crippen molar-refractivity contribution in [3.63, 3.8) is 0 Å². The number of pyridine rings is 1. The van der Waals surface area contributed by atoms with Gasteiger partial charge in [-0.15, -0.1) is 0 Å². The summed E-state index contributed by atoms with van der Waals surface area (Å²) in [6.07, 6.45) is 1.48. The second-order valence-electron chi connectivity index (χ2n) is 3.66. The van der Waals surface area contributed by atoms with E-state index in [1.165, 1.54) is 6.20 Å². The molecule has 17 heavy (non-hydrogen) atoms. The minimum absolute atomic E-state index is 0.0595. The zero-order valence-electron chi connectivity index (χ0n) is 9.25.